The lowest BCUT2D eigenvalue weighted by atomic mass is 10.1. The molecule has 1 heteroatoms. The summed E-state index contributed by atoms with van der Waals surface area (Å²) in [4.78, 5) is 0.987. The highest BCUT2D eigenvalue weighted by Gasteiger charge is 2.09. The molecule has 0 atom stereocenters. The summed E-state index contributed by atoms with van der Waals surface area (Å²) < 4.78 is 0. The first-order valence-electron chi connectivity index (χ1n) is 3.65. The van der Waals surface area contributed by atoms with Gasteiger partial charge in [0.2, 0.25) is 0 Å². The molecular weight excluding hydrogens is 140 g/mol. The molecule has 0 saturated carbocycles. The fraction of sp³-hybridized carbons (Fsp3) is 0.333. The molecule has 0 amide bonds. The van der Waals surface area contributed by atoms with E-state index in [4.69, 9.17) is 12.6 Å². The standard InChI is InChI=1S/C9H9S/c10-9-5-4-7-2-1-3-8(7)6-9/h4-6H,1-3H2. The van der Waals surface area contributed by atoms with Crippen molar-refractivity contribution in [1.29, 1.82) is 0 Å². The molecule has 0 nitrogen and oxygen atoms in total. The summed E-state index contributed by atoms with van der Waals surface area (Å²) in [7, 11) is 0. The van der Waals surface area contributed by atoms with Crippen LogP contribution in [0.3, 0.4) is 0 Å². The van der Waals surface area contributed by atoms with Gasteiger partial charge < -0.3 is 0 Å². The van der Waals surface area contributed by atoms with Crippen molar-refractivity contribution in [2.75, 3.05) is 0 Å². The molecule has 0 bridgehead atoms. The first kappa shape index (κ1) is 6.17. The van der Waals surface area contributed by atoms with Gasteiger partial charge in [0.05, 0.1) is 0 Å². The van der Waals surface area contributed by atoms with Crippen molar-refractivity contribution < 1.29 is 0 Å². The van der Waals surface area contributed by atoms with Crippen LogP contribution in [0.25, 0.3) is 0 Å². The van der Waals surface area contributed by atoms with Crippen LogP contribution in [0.1, 0.15) is 17.5 Å². The van der Waals surface area contributed by atoms with Crippen molar-refractivity contribution in [3.05, 3.63) is 29.3 Å². The summed E-state index contributed by atoms with van der Waals surface area (Å²) in [6.45, 7) is 0. The van der Waals surface area contributed by atoms with E-state index in [0.717, 1.165) is 4.90 Å². The summed E-state index contributed by atoms with van der Waals surface area (Å²) in [6, 6.07) is 6.34. The molecule has 0 N–H and O–H groups in total. The van der Waals surface area contributed by atoms with Gasteiger partial charge >= 0.3 is 0 Å². The van der Waals surface area contributed by atoms with Crippen LogP contribution in [0.15, 0.2) is 23.1 Å². The third kappa shape index (κ3) is 0.907. The van der Waals surface area contributed by atoms with E-state index in [1.165, 1.54) is 30.4 Å². The molecule has 0 aromatic heterocycles. The van der Waals surface area contributed by atoms with Gasteiger partial charge in [-0.05, 0) is 42.5 Å². The SMILES string of the molecule is [S]c1ccc2c(c1)CCC2. The van der Waals surface area contributed by atoms with Crippen LogP contribution in [0.2, 0.25) is 0 Å². The van der Waals surface area contributed by atoms with Crippen LogP contribution in [-0.2, 0) is 12.8 Å². The Balaban J connectivity index is 2.52. The van der Waals surface area contributed by atoms with Gasteiger partial charge in [0.15, 0.2) is 0 Å². The van der Waals surface area contributed by atoms with Crippen LogP contribution in [0.5, 0.6) is 0 Å². The average molecular weight is 149 g/mol. The second-order valence-corrected chi connectivity index (χ2v) is 3.26. The van der Waals surface area contributed by atoms with Gasteiger partial charge in [-0.3, -0.25) is 0 Å². The first-order valence-corrected chi connectivity index (χ1v) is 4.06. The van der Waals surface area contributed by atoms with Gasteiger partial charge in [-0.15, -0.1) is 0 Å². The van der Waals surface area contributed by atoms with E-state index in [-0.39, 0.29) is 0 Å². The summed E-state index contributed by atoms with van der Waals surface area (Å²) in [5, 5.41) is 0. The second-order valence-electron chi connectivity index (χ2n) is 2.78. The van der Waals surface area contributed by atoms with Crippen molar-refractivity contribution in [3.63, 3.8) is 0 Å². The lowest BCUT2D eigenvalue weighted by Crippen LogP contribution is -1.79. The summed E-state index contributed by atoms with van der Waals surface area (Å²) in [6.07, 6.45) is 3.80. The molecule has 0 unspecified atom stereocenters. The van der Waals surface area contributed by atoms with E-state index in [2.05, 4.69) is 12.1 Å². The summed E-state index contributed by atoms with van der Waals surface area (Å²) in [5.74, 6) is 0. The van der Waals surface area contributed by atoms with Crippen LogP contribution in [0, 0.1) is 0 Å². The van der Waals surface area contributed by atoms with E-state index in [9.17, 15) is 0 Å². The molecule has 0 heterocycles. The molecule has 0 aliphatic heterocycles. The molecule has 2 rings (SSSR count). The van der Waals surface area contributed by atoms with Gasteiger partial charge in [0, 0.05) is 4.90 Å². The highest BCUT2D eigenvalue weighted by Crippen LogP contribution is 2.23. The predicted octanol–water partition coefficient (Wildman–Crippen LogP) is 2.73. The maximum Gasteiger partial charge on any atom is 0.0380 e. The lowest BCUT2D eigenvalue weighted by molar-refractivity contribution is 0.911. The normalized spacial score (nSPS) is 15.2. The molecule has 10 heavy (non-hydrogen) atoms. The molecule has 1 aliphatic carbocycles. The van der Waals surface area contributed by atoms with Crippen molar-refractivity contribution in [2.45, 2.75) is 24.2 Å². The van der Waals surface area contributed by atoms with Crippen molar-refractivity contribution in [3.8, 4) is 0 Å². The Hall–Kier alpha value is -0.560. The largest absolute Gasteiger partial charge is 0.0801 e. The molecular formula is C9H9S. The van der Waals surface area contributed by atoms with E-state index in [1.54, 1.807) is 0 Å². The third-order valence-electron chi connectivity index (χ3n) is 2.07. The van der Waals surface area contributed by atoms with Crippen molar-refractivity contribution in [2.24, 2.45) is 0 Å². The van der Waals surface area contributed by atoms with Crippen LogP contribution in [-0.4, -0.2) is 0 Å². The van der Waals surface area contributed by atoms with Crippen LogP contribution in [0.4, 0.5) is 0 Å². The monoisotopic (exact) mass is 149 g/mol. The Morgan fingerprint density at radius 3 is 2.80 bits per heavy atom. The zero-order valence-electron chi connectivity index (χ0n) is 5.76. The van der Waals surface area contributed by atoms with Crippen molar-refractivity contribution in [1.82, 2.24) is 0 Å². The maximum atomic E-state index is 5.05. The molecule has 1 radical (unpaired) electrons. The zero-order valence-corrected chi connectivity index (χ0v) is 6.58. The Kier molecular flexibility index (Phi) is 1.38. The Bertz CT molecular complexity index is 253. The minimum Gasteiger partial charge on any atom is -0.0801 e. The number of rotatable bonds is 0. The topological polar surface area (TPSA) is 0 Å². The number of hydrogen-bond donors (Lipinski definition) is 0. The molecule has 1 aromatic carbocycles. The number of aryl methyl sites for hydroxylation is 2. The molecule has 1 aromatic rings. The quantitative estimate of drug-likeness (QED) is 0.532. The summed E-state index contributed by atoms with van der Waals surface area (Å²) >= 11 is 5.05. The highest BCUT2D eigenvalue weighted by atomic mass is 32.1. The number of benzene rings is 1. The average Bonchev–Trinajstić information content (AvgIpc) is 2.33. The van der Waals surface area contributed by atoms with E-state index < -0.39 is 0 Å². The van der Waals surface area contributed by atoms with E-state index in [0.29, 0.717) is 0 Å². The van der Waals surface area contributed by atoms with Gasteiger partial charge in [0.25, 0.3) is 0 Å². The van der Waals surface area contributed by atoms with Gasteiger partial charge in [-0.1, -0.05) is 18.7 Å². The van der Waals surface area contributed by atoms with E-state index in [1.807, 2.05) is 6.07 Å². The van der Waals surface area contributed by atoms with Crippen molar-refractivity contribution >= 4 is 12.6 Å². The summed E-state index contributed by atoms with van der Waals surface area (Å²) in [5.41, 5.74) is 2.99. The van der Waals surface area contributed by atoms with E-state index >= 15 is 0 Å². The molecule has 0 saturated heterocycles. The molecule has 0 spiro atoms. The fourth-order valence-corrected chi connectivity index (χ4v) is 1.76. The minimum atomic E-state index is 0.987. The Morgan fingerprint density at radius 1 is 1.10 bits per heavy atom. The van der Waals surface area contributed by atoms with Crippen LogP contribution >= 0.6 is 12.6 Å². The fourth-order valence-electron chi connectivity index (χ4n) is 1.55. The molecule has 0 fully saturated rings. The first-order chi connectivity index (χ1) is 4.86. The van der Waals surface area contributed by atoms with Gasteiger partial charge in [-0.25, -0.2) is 0 Å². The zero-order chi connectivity index (χ0) is 6.97. The third-order valence-corrected chi connectivity index (χ3v) is 2.32. The predicted molar refractivity (Wildman–Crippen MR) is 44.3 cm³/mol. The Labute approximate surface area is 66.7 Å². The molecule has 1 aliphatic rings. The van der Waals surface area contributed by atoms with Gasteiger partial charge in [0.1, 0.15) is 0 Å². The van der Waals surface area contributed by atoms with Gasteiger partial charge in [-0.2, -0.15) is 0 Å². The Morgan fingerprint density at radius 2 is 1.90 bits per heavy atom. The maximum absolute atomic E-state index is 5.05. The lowest BCUT2D eigenvalue weighted by Gasteiger charge is -1.96. The number of fused-ring (bicyclic) bond motifs is 1. The molecule has 51 valence electrons. The minimum absolute atomic E-state index is 0.987. The number of hydrogen-bond acceptors (Lipinski definition) is 0. The highest BCUT2D eigenvalue weighted by molar-refractivity contribution is 7.80. The second kappa shape index (κ2) is 2.24. The smallest absolute Gasteiger partial charge is 0.0380 e. The van der Waals surface area contributed by atoms with Crippen LogP contribution < -0.4 is 0 Å².